The minimum absolute atomic E-state index is 0.369. The van der Waals surface area contributed by atoms with Crippen LogP contribution in [0.4, 0.5) is 4.79 Å². The molecule has 1 amide bonds. The maximum absolute atomic E-state index is 12.5. The van der Waals surface area contributed by atoms with Gasteiger partial charge < -0.3 is 19.6 Å². The summed E-state index contributed by atoms with van der Waals surface area (Å²) in [7, 11) is 1.64. The van der Waals surface area contributed by atoms with Crippen LogP contribution in [0.5, 0.6) is 5.75 Å². The first-order valence-electron chi connectivity index (χ1n) is 9.68. The molecule has 2 atom stereocenters. The number of methoxy groups -OCH3 is 1. The van der Waals surface area contributed by atoms with Gasteiger partial charge in [0.25, 0.3) is 0 Å². The van der Waals surface area contributed by atoms with Crippen LogP contribution in [-0.4, -0.2) is 46.1 Å². The molecule has 0 unspecified atom stereocenters. The molecule has 6 nitrogen and oxygen atoms in total. The number of carbonyl (C=O) groups excluding carboxylic acids is 1. The fourth-order valence-corrected chi connectivity index (χ4v) is 3.76. The Labute approximate surface area is 166 Å². The molecule has 6 heteroatoms. The van der Waals surface area contributed by atoms with Crippen LogP contribution in [0, 0.1) is 0 Å². The van der Waals surface area contributed by atoms with Crippen LogP contribution in [0.15, 0.2) is 36.0 Å². The monoisotopic (exact) mass is 386 g/mol. The van der Waals surface area contributed by atoms with Crippen LogP contribution >= 0.6 is 0 Å². The Bertz CT molecular complexity index is 895. The Balaban J connectivity index is 1.75. The summed E-state index contributed by atoms with van der Waals surface area (Å²) in [5.41, 5.74) is 0.969. The summed E-state index contributed by atoms with van der Waals surface area (Å²) in [6.07, 6.45) is 5.48. The summed E-state index contributed by atoms with van der Waals surface area (Å²) >= 11 is 0. The molecule has 2 aromatic rings. The van der Waals surface area contributed by atoms with Gasteiger partial charge in [0.2, 0.25) is 0 Å². The quantitative estimate of drug-likeness (QED) is 0.692. The minimum atomic E-state index is -1.37. The van der Waals surface area contributed by atoms with Crippen LogP contribution < -0.4 is 4.74 Å². The van der Waals surface area contributed by atoms with Crippen LogP contribution in [0.25, 0.3) is 10.9 Å². The van der Waals surface area contributed by atoms with E-state index in [1.807, 2.05) is 38.2 Å². The summed E-state index contributed by atoms with van der Waals surface area (Å²) in [4.78, 5) is 17.2. The van der Waals surface area contributed by atoms with Gasteiger partial charge in [0.1, 0.15) is 5.75 Å². The second-order valence-corrected chi connectivity index (χ2v) is 8.07. The average molecular weight is 386 g/mol. The number of aromatic amines is 1. The van der Waals surface area contributed by atoms with Gasteiger partial charge in [-0.25, -0.2) is 4.79 Å². The lowest BCUT2D eigenvalue weighted by atomic mass is 9.88. The number of benzene rings is 1. The largest absolute Gasteiger partial charge is 0.497 e. The number of amides is 1. The molecule has 0 spiro atoms. The van der Waals surface area contributed by atoms with Gasteiger partial charge in [-0.2, -0.15) is 0 Å². The number of cyclic esters (lactones) is 1. The highest BCUT2D eigenvalue weighted by Crippen LogP contribution is 2.41. The van der Waals surface area contributed by atoms with Crippen LogP contribution in [0.1, 0.15) is 46.1 Å². The Morgan fingerprint density at radius 3 is 2.79 bits per heavy atom. The topological polar surface area (TPSA) is 74.8 Å². The first-order valence-corrected chi connectivity index (χ1v) is 9.68. The Morgan fingerprint density at radius 2 is 2.11 bits per heavy atom. The predicted molar refractivity (Wildman–Crippen MR) is 109 cm³/mol. The molecule has 1 aliphatic rings. The molecule has 152 valence electrons. The zero-order valence-electron chi connectivity index (χ0n) is 17.3. The smallest absolute Gasteiger partial charge is 0.412 e. The Kier molecular flexibility index (Phi) is 5.44. The molecule has 1 saturated heterocycles. The SMILES string of the molecule is COc1ccc2[nH]cc(CCN3C(=O)O[C@@](C)(CCC=C(C)C)[C@@]3(C)O)c2c1. The van der Waals surface area contributed by atoms with Gasteiger partial charge in [-0.3, -0.25) is 4.90 Å². The van der Waals surface area contributed by atoms with E-state index in [-0.39, 0.29) is 0 Å². The number of ether oxygens (including phenoxy) is 2. The first kappa shape index (κ1) is 20.3. The van der Waals surface area contributed by atoms with Crippen LogP contribution in [0.2, 0.25) is 0 Å². The number of fused-ring (bicyclic) bond motifs is 1. The van der Waals surface area contributed by atoms with E-state index in [1.165, 1.54) is 10.5 Å². The van der Waals surface area contributed by atoms with Crippen LogP contribution in [-0.2, 0) is 11.2 Å². The van der Waals surface area contributed by atoms with Gasteiger partial charge in [-0.05, 0) is 70.7 Å². The molecule has 0 aliphatic carbocycles. The Morgan fingerprint density at radius 1 is 1.36 bits per heavy atom. The maximum Gasteiger partial charge on any atom is 0.412 e. The molecule has 1 aliphatic heterocycles. The molecule has 0 radical (unpaired) electrons. The fraction of sp³-hybridized carbons (Fsp3) is 0.500. The van der Waals surface area contributed by atoms with Crippen molar-refractivity contribution >= 4 is 17.0 Å². The standard InChI is InChI=1S/C22H30N2O4/c1-15(2)7-6-11-21(3)22(4,26)24(20(25)28-21)12-10-16-14-23-19-9-8-17(27-5)13-18(16)19/h7-9,13-14,23,26H,6,10-12H2,1-5H3/t21-,22+/m0/s1. The molecule has 0 saturated carbocycles. The van der Waals surface area contributed by atoms with Gasteiger partial charge in [-0.15, -0.1) is 0 Å². The molecule has 0 bridgehead atoms. The van der Waals surface area contributed by atoms with Gasteiger partial charge in [0, 0.05) is 23.6 Å². The van der Waals surface area contributed by atoms with E-state index in [9.17, 15) is 9.90 Å². The average Bonchev–Trinajstić information content (AvgIpc) is 3.09. The van der Waals surface area contributed by atoms with Gasteiger partial charge in [-0.1, -0.05) is 11.6 Å². The van der Waals surface area contributed by atoms with E-state index in [2.05, 4.69) is 11.1 Å². The molecule has 1 fully saturated rings. The number of aromatic nitrogens is 1. The van der Waals surface area contributed by atoms with E-state index in [1.54, 1.807) is 21.0 Å². The molecular weight excluding hydrogens is 356 g/mol. The summed E-state index contributed by atoms with van der Waals surface area (Å²) in [6.45, 7) is 7.90. The highest BCUT2D eigenvalue weighted by atomic mass is 16.6. The lowest BCUT2D eigenvalue weighted by Gasteiger charge is -2.37. The van der Waals surface area contributed by atoms with Gasteiger partial charge in [0.05, 0.1) is 7.11 Å². The third kappa shape index (κ3) is 3.61. The van der Waals surface area contributed by atoms with Crippen molar-refractivity contribution in [3.05, 3.63) is 41.6 Å². The number of hydrogen-bond donors (Lipinski definition) is 2. The number of H-pyrrole nitrogens is 1. The van der Waals surface area contributed by atoms with E-state index < -0.39 is 17.4 Å². The van der Waals surface area contributed by atoms with E-state index in [4.69, 9.17) is 9.47 Å². The number of nitrogens with zero attached hydrogens (tertiary/aromatic N) is 1. The number of aliphatic hydroxyl groups is 1. The molecule has 2 N–H and O–H groups in total. The van der Waals surface area contributed by atoms with Crippen molar-refractivity contribution in [2.75, 3.05) is 13.7 Å². The normalized spacial score (nSPS) is 24.5. The summed E-state index contributed by atoms with van der Waals surface area (Å²) in [5, 5.41) is 12.2. The highest BCUT2D eigenvalue weighted by Gasteiger charge is 2.58. The molecular formula is C22H30N2O4. The zero-order chi connectivity index (χ0) is 20.5. The molecule has 1 aromatic carbocycles. The minimum Gasteiger partial charge on any atom is -0.497 e. The van der Waals surface area contributed by atoms with E-state index in [0.717, 1.165) is 28.6 Å². The third-order valence-electron chi connectivity index (χ3n) is 5.81. The van der Waals surface area contributed by atoms with Crippen molar-refractivity contribution < 1.29 is 19.4 Å². The summed E-state index contributed by atoms with van der Waals surface area (Å²) < 4.78 is 10.9. The number of allylic oxidation sites excluding steroid dienone is 2. The van der Waals surface area contributed by atoms with E-state index >= 15 is 0 Å². The highest BCUT2D eigenvalue weighted by molar-refractivity contribution is 5.84. The summed E-state index contributed by atoms with van der Waals surface area (Å²) in [6, 6.07) is 5.85. The number of hydrogen-bond acceptors (Lipinski definition) is 4. The van der Waals surface area contributed by atoms with Gasteiger partial charge >= 0.3 is 6.09 Å². The second-order valence-electron chi connectivity index (χ2n) is 8.07. The Hall–Kier alpha value is -2.47. The maximum atomic E-state index is 12.5. The zero-order valence-corrected chi connectivity index (χ0v) is 17.3. The van der Waals surface area contributed by atoms with Crippen molar-refractivity contribution in [2.45, 2.75) is 58.3 Å². The molecule has 3 rings (SSSR count). The van der Waals surface area contributed by atoms with Crippen molar-refractivity contribution in [3.63, 3.8) is 0 Å². The number of carbonyl (C=O) groups is 1. The molecule has 1 aromatic heterocycles. The van der Waals surface area contributed by atoms with Crippen LogP contribution in [0.3, 0.4) is 0 Å². The lowest BCUT2D eigenvalue weighted by molar-refractivity contribution is -0.138. The van der Waals surface area contributed by atoms with Crippen molar-refractivity contribution in [2.24, 2.45) is 0 Å². The van der Waals surface area contributed by atoms with Crippen molar-refractivity contribution in [1.82, 2.24) is 9.88 Å². The third-order valence-corrected chi connectivity index (χ3v) is 5.81. The fourth-order valence-electron chi connectivity index (χ4n) is 3.76. The van der Waals surface area contributed by atoms with Crippen molar-refractivity contribution in [3.8, 4) is 5.75 Å². The second kappa shape index (κ2) is 7.51. The molecule has 2 heterocycles. The summed E-state index contributed by atoms with van der Waals surface area (Å²) in [5.74, 6) is 0.785. The molecule has 28 heavy (non-hydrogen) atoms. The predicted octanol–water partition coefficient (Wildman–Crippen LogP) is 4.38. The van der Waals surface area contributed by atoms with Gasteiger partial charge in [0.15, 0.2) is 11.3 Å². The van der Waals surface area contributed by atoms with Crippen molar-refractivity contribution in [1.29, 1.82) is 0 Å². The number of nitrogens with one attached hydrogen (secondary N) is 1. The van der Waals surface area contributed by atoms with E-state index in [0.29, 0.717) is 19.4 Å². The first-order chi connectivity index (χ1) is 13.2. The lowest BCUT2D eigenvalue weighted by Crippen LogP contribution is -2.55. The number of rotatable bonds is 7.